The average molecular weight is 262 g/mol. The molecule has 3 heteroatoms. The van der Waals surface area contributed by atoms with Crippen molar-refractivity contribution in [3.63, 3.8) is 0 Å². The van der Waals surface area contributed by atoms with Crippen LogP contribution in [-0.4, -0.2) is 25.3 Å². The van der Waals surface area contributed by atoms with E-state index in [1.54, 1.807) is 0 Å². The lowest BCUT2D eigenvalue weighted by Crippen LogP contribution is -2.48. The number of hydrogen-bond acceptors (Lipinski definition) is 3. The smallest absolute Gasteiger partial charge is 0.0723 e. The molecule has 2 N–H and O–H groups in total. The van der Waals surface area contributed by atoms with E-state index in [1.807, 2.05) is 0 Å². The minimum absolute atomic E-state index is 0.152. The molecule has 1 aromatic rings. The molecule has 1 aliphatic rings. The minimum atomic E-state index is 0.152. The molecule has 0 saturated carbocycles. The summed E-state index contributed by atoms with van der Waals surface area (Å²) >= 11 is 0. The Morgan fingerprint density at radius 1 is 1.32 bits per heavy atom. The Balaban J connectivity index is 2.15. The van der Waals surface area contributed by atoms with Gasteiger partial charge in [0.2, 0.25) is 0 Å². The Hall–Kier alpha value is -1.06. The second kappa shape index (κ2) is 6.40. The van der Waals surface area contributed by atoms with Gasteiger partial charge in [0.25, 0.3) is 0 Å². The normalized spacial score (nSPS) is 25.4. The van der Waals surface area contributed by atoms with Crippen LogP contribution in [0.1, 0.15) is 45.2 Å². The van der Waals surface area contributed by atoms with Gasteiger partial charge in [-0.3, -0.25) is 0 Å². The average Bonchev–Trinajstić information content (AvgIpc) is 2.46. The van der Waals surface area contributed by atoms with E-state index in [-0.39, 0.29) is 6.04 Å². The Morgan fingerprint density at radius 2 is 2.00 bits per heavy atom. The second-order valence-corrected chi connectivity index (χ2v) is 5.46. The predicted molar refractivity (Wildman–Crippen MR) is 80.5 cm³/mol. The number of hydrogen-bond donors (Lipinski definition) is 1. The van der Waals surface area contributed by atoms with E-state index in [2.05, 4.69) is 49.9 Å². The van der Waals surface area contributed by atoms with E-state index >= 15 is 0 Å². The van der Waals surface area contributed by atoms with Crippen LogP contribution in [0.2, 0.25) is 0 Å². The molecule has 1 aliphatic heterocycles. The first-order valence-corrected chi connectivity index (χ1v) is 7.39. The molecule has 1 heterocycles. The molecule has 0 amide bonds. The van der Waals surface area contributed by atoms with E-state index in [0.29, 0.717) is 12.1 Å². The fourth-order valence-electron chi connectivity index (χ4n) is 2.65. The fourth-order valence-corrected chi connectivity index (χ4v) is 2.65. The van der Waals surface area contributed by atoms with Gasteiger partial charge in [0.05, 0.1) is 18.8 Å². The highest BCUT2D eigenvalue weighted by atomic mass is 16.5. The van der Waals surface area contributed by atoms with Gasteiger partial charge in [-0.1, -0.05) is 26.0 Å². The van der Waals surface area contributed by atoms with Crippen LogP contribution in [-0.2, 0) is 4.74 Å². The van der Waals surface area contributed by atoms with Crippen molar-refractivity contribution >= 4 is 5.69 Å². The Labute approximate surface area is 116 Å². The van der Waals surface area contributed by atoms with E-state index in [0.717, 1.165) is 26.0 Å². The van der Waals surface area contributed by atoms with E-state index in [4.69, 9.17) is 10.5 Å². The van der Waals surface area contributed by atoms with Crippen molar-refractivity contribution in [2.45, 2.75) is 51.8 Å². The first-order valence-electron chi connectivity index (χ1n) is 7.39. The van der Waals surface area contributed by atoms with Crippen LogP contribution in [0.25, 0.3) is 0 Å². The van der Waals surface area contributed by atoms with Crippen molar-refractivity contribution < 1.29 is 4.74 Å². The van der Waals surface area contributed by atoms with Gasteiger partial charge in [-0.2, -0.15) is 0 Å². The number of anilines is 1. The van der Waals surface area contributed by atoms with Gasteiger partial charge < -0.3 is 15.4 Å². The largest absolute Gasteiger partial charge is 0.375 e. The molecule has 0 aliphatic carbocycles. The third-order valence-electron chi connectivity index (χ3n) is 4.03. The summed E-state index contributed by atoms with van der Waals surface area (Å²) in [5.74, 6) is 0. The molecule has 0 bridgehead atoms. The van der Waals surface area contributed by atoms with Crippen molar-refractivity contribution in [1.29, 1.82) is 0 Å². The highest BCUT2D eigenvalue weighted by molar-refractivity contribution is 5.49. The molecule has 2 unspecified atom stereocenters. The number of benzene rings is 1. The Morgan fingerprint density at radius 3 is 2.58 bits per heavy atom. The molecule has 1 aromatic carbocycles. The van der Waals surface area contributed by atoms with Gasteiger partial charge in [-0.05, 0) is 37.5 Å². The van der Waals surface area contributed by atoms with Crippen molar-refractivity contribution in [3.8, 4) is 0 Å². The number of morpholine rings is 1. The zero-order chi connectivity index (χ0) is 13.8. The van der Waals surface area contributed by atoms with Gasteiger partial charge in [-0.15, -0.1) is 0 Å². The second-order valence-electron chi connectivity index (χ2n) is 5.46. The molecule has 19 heavy (non-hydrogen) atoms. The topological polar surface area (TPSA) is 38.5 Å². The number of rotatable bonds is 4. The van der Waals surface area contributed by atoms with Crippen LogP contribution in [0, 0.1) is 0 Å². The van der Waals surface area contributed by atoms with E-state index < -0.39 is 0 Å². The maximum Gasteiger partial charge on any atom is 0.0723 e. The Kier molecular flexibility index (Phi) is 4.83. The molecule has 3 atom stereocenters. The molecule has 106 valence electrons. The number of nitrogens with two attached hydrogens (primary N) is 1. The van der Waals surface area contributed by atoms with Crippen molar-refractivity contribution in [1.82, 2.24) is 0 Å². The van der Waals surface area contributed by atoms with Gasteiger partial charge in [0.1, 0.15) is 0 Å². The molecule has 0 aromatic heterocycles. The van der Waals surface area contributed by atoms with Gasteiger partial charge in [0.15, 0.2) is 0 Å². The molecule has 3 nitrogen and oxygen atoms in total. The lowest BCUT2D eigenvalue weighted by Gasteiger charge is -2.40. The van der Waals surface area contributed by atoms with Gasteiger partial charge in [-0.25, -0.2) is 0 Å². The third kappa shape index (κ3) is 3.28. The summed E-state index contributed by atoms with van der Waals surface area (Å²) in [7, 11) is 0. The van der Waals surface area contributed by atoms with E-state index in [9.17, 15) is 0 Å². The molecule has 0 radical (unpaired) electrons. The zero-order valence-corrected chi connectivity index (χ0v) is 12.3. The van der Waals surface area contributed by atoms with Crippen LogP contribution in [0.15, 0.2) is 24.3 Å². The lowest BCUT2D eigenvalue weighted by molar-refractivity contribution is 0.0299. The molecule has 0 spiro atoms. The summed E-state index contributed by atoms with van der Waals surface area (Å²) in [4.78, 5) is 2.47. The summed E-state index contributed by atoms with van der Waals surface area (Å²) < 4.78 is 5.75. The molecule has 2 rings (SSSR count). The fraction of sp³-hybridized carbons (Fsp3) is 0.625. The van der Waals surface area contributed by atoms with Crippen LogP contribution in [0.4, 0.5) is 5.69 Å². The van der Waals surface area contributed by atoms with Crippen LogP contribution in [0.3, 0.4) is 0 Å². The van der Waals surface area contributed by atoms with Gasteiger partial charge >= 0.3 is 0 Å². The minimum Gasteiger partial charge on any atom is -0.375 e. The first-order chi connectivity index (χ1) is 9.15. The van der Waals surface area contributed by atoms with Crippen molar-refractivity contribution in [2.75, 3.05) is 18.1 Å². The highest BCUT2D eigenvalue weighted by Crippen LogP contribution is 2.25. The maximum absolute atomic E-state index is 6.06. The maximum atomic E-state index is 6.06. The molecular formula is C16H26N2O. The quantitative estimate of drug-likeness (QED) is 0.906. The summed E-state index contributed by atoms with van der Waals surface area (Å²) in [5.41, 5.74) is 8.57. The number of nitrogens with zero attached hydrogens (tertiary/aromatic N) is 1. The predicted octanol–water partition coefficient (Wildman–Crippen LogP) is 3.10. The molecule has 1 fully saturated rings. The lowest BCUT2D eigenvalue weighted by atomic mass is 10.0. The van der Waals surface area contributed by atoms with Crippen molar-refractivity contribution in [2.24, 2.45) is 5.73 Å². The Bertz CT molecular complexity index is 390. The highest BCUT2D eigenvalue weighted by Gasteiger charge is 2.25. The van der Waals surface area contributed by atoms with Gasteiger partial charge in [0, 0.05) is 18.3 Å². The summed E-state index contributed by atoms with van der Waals surface area (Å²) in [6, 6.07) is 9.37. The number of ether oxygens (including phenoxy) is 1. The third-order valence-corrected chi connectivity index (χ3v) is 4.03. The zero-order valence-electron chi connectivity index (χ0n) is 12.3. The standard InChI is InChI=1S/C16H26N2O/c1-4-14-11-19-12(3)10-18(14)15-8-6-13(7-9-15)16(17)5-2/h6-9,12,14,16H,4-5,10-11,17H2,1-3H3/t12?,14?,16-/m1/s1. The van der Waals surface area contributed by atoms with Crippen LogP contribution in [0.5, 0.6) is 0 Å². The van der Waals surface area contributed by atoms with Crippen LogP contribution < -0.4 is 10.6 Å². The van der Waals surface area contributed by atoms with Crippen LogP contribution >= 0.6 is 0 Å². The first kappa shape index (κ1) is 14.4. The monoisotopic (exact) mass is 262 g/mol. The summed E-state index contributed by atoms with van der Waals surface area (Å²) in [6.07, 6.45) is 2.40. The van der Waals surface area contributed by atoms with E-state index in [1.165, 1.54) is 11.3 Å². The summed E-state index contributed by atoms with van der Waals surface area (Å²) in [6.45, 7) is 8.28. The SMILES string of the molecule is CCC1COC(C)CN1c1ccc([C@H](N)CC)cc1. The molecule has 1 saturated heterocycles. The molecular weight excluding hydrogens is 236 g/mol. The van der Waals surface area contributed by atoms with Crippen molar-refractivity contribution in [3.05, 3.63) is 29.8 Å². The summed E-state index contributed by atoms with van der Waals surface area (Å²) in [5, 5.41) is 0.